The number of fused-ring (bicyclic) bond motifs is 6. The standard InChI is InChI=1S/C30H22N2O3S2/c1-17-16-24-30(19-9-3-4-10-20(19)31-29(30)35)25(27(33)22-12-6-14-36-22)26(28(34)23-13-7-15-37-23)32(24)21-11-5-2-8-18(17)21/h2-16,24-26H,1H3,(H,31,35)/t24-,25-,26-,30-/m0/s1. The first-order chi connectivity index (χ1) is 18.0. The molecule has 3 aliphatic heterocycles. The van der Waals surface area contributed by atoms with Gasteiger partial charge in [0.05, 0.1) is 21.7 Å². The predicted molar refractivity (Wildman–Crippen MR) is 148 cm³/mol. The molecule has 2 aromatic heterocycles. The number of nitrogens with zero attached hydrogens (tertiary/aromatic N) is 1. The van der Waals surface area contributed by atoms with E-state index < -0.39 is 23.4 Å². The lowest BCUT2D eigenvalue weighted by Crippen LogP contribution is -2.51. The van der Waals surface area contributed by atoms with Crippen molar-refractivity contribution in [1.29, 1.82) is 0 Å². The van der Waals surface area contributed by atoms with Gasteiger partial charge in [0, 0.05) is 16.9 Å². The Morgan fingerprint density at radius 1 is 0.865 bits per heavy atom. The van der Waals surface area contributed by atoms with E-state index in [2.05, 4.69) is 16.3 Å². The minimum absolute atomic E-state index is 0.133. The molecule has 0 unspecified atom stereocenters. The van der Waals surface area contributed by atoms with Gasteiger partial charge < -0.3 is 10.2 Å². The molecule has 3 aliphatic rings. The molecule has 7 heteroatoms. The van der Waals surface area contributed by atoms with Crippen molar-refractivity contribution in [3.8, 4) is 0 Å². The zero-order valence-electron chi connectivity index (χ0n) is 19.9. The number of carbonyl (C=O) groups is 3. The molecule has 0 bridgehead atoms. The lowest BCUT2D eigenvalue weighted by atomic mass is 9.64. The average molecular weight is 523 g/mol. The maximum Gasteiger partial charge on any atom is 0.238 e. The van der Waals surface area contributed by atoms with Crippen LogP contribution in [0.4, 0.5) is 11.4 Å². The molecule has 1 saturated heterocycles. The number of benzene rings is 2. The van der Waals surface area contributed by atoms with E-state index in [0.29, 0.717) is 15.4 Å². The number of amides is 1. The molecule has 1 amide bonds. The van der Waals surface area contributed by atoms with Crippen molar-refractivity contribution >= 4 is 57.1 Å². The monoisotopic (exact) mass is 522 g/mol. The number of hydrogen-bond donors (Lipinski definition) is 1. The van der Waals surface area contributed by atoms with Gasteiger partial charge in [-0.3, -0.25) is 14.4 Å². The Kier molecular flexibility index (Phi) is 4.90. The minimum Gasteiger partial charge on any atom is -0.352 e. The van der Waals surface area contributed by atoms with Gasteiger partial charge in [-0.2, -0.15) is 0 Å². The minimum atomic E-state index is -1.26. The van der Waals surface area contributed by atoms with Crippen LogP contribution in [0.25, 0.3) is 5.57 Å². The summed E-state index contributed by atoms with van der Waals surface area (Å²) in [4.78, 5) is 46.3. The first-order valence-corrected chi connectivity index (χ1v) is 13.9. The Labute approximate surface area is 222 Å². The second-order valence-corrected chi connectivity index (χ2v) is 11.6. The van der Waals surface area contributed by atoms with Gasteiger partial charge in [0.2, 0.25) is 5.91 Å². The Hall–Kier alpha value is -3.81. The Balaban J connectivity index is 1.57. The van der Waals surface area contributed by atoms with Crippen LogP contribution in [0.5, 0.6) is 0 Å². The van der Waals surface area contributed by atoms with Gasteiger partial charge in [0.15, 0.2) is 11.6 Å². The van der Waals surface area contributed by atoms with Crippen molar-refractivity contribution in [1.82, 2.24) is 0 Å². The van der Waals surface area contributed by atoms with Crippen LogP contribution >= 0.6 is 22.7 Å². The van der Waals surface area contributed by atoms with E-state index in [1.165, 1.54) is 22.7 Å². The van der Waals surface area contributed by atoms with Crippen molar-refractivity contribution in [2.24, 2.45) is 5.92 Å². The highest BCUT2D eigenvalue weighted by Gasteiger charge is 2.70. The fourth-order valence-corrected chi connectivity index (χ4v) is 7.93. The van der Waals surface area contributed by atoms with Crippen molar-refractivity contribution in [2.45, 2.75) is 24.4 Å². The Bertz CT molecular complexity index is 1610. The summed E-state index contributed by atoms with van der Waals surface area (Å²) in [5, 5.41) is 6.81. The zero-order valence-corrected chi connectivity index (χ0v) is 21.5. The van der Waals surface area contributed by atoms with E-state index in [0.717, 1.165) is 22.4 Å². The van der Waals surface area contributed by atoms with Gasteiger partial charge in [0.1, 0.15) is 11.5 Å². The lowest BCUT2D eigenvalue weighted by Gasteiger charge is -2.39. The molecule has 1 fully saturated rings. The zero-order chi connectivity index (χ0) is 25.3. The molecule has 0 saturated carbocycles. The molecule has 1 N–H and O–H groups in total. The number of carbonyl (C=O) groups excluding carboxylic acids is 3. The Morgan fingerprint density at radius 3 is 2.27 bits per heavy atom. The highest BCUT2D eigenvalue weighted by molar-refractivity contribution is 7.12. The van der Waals surface area contributed by atoms with E-state index >= 15 is 0 Å². The van der Waals surface area contributed by atoms with E-state index in [1.54, 1.807) is 12.1 Å². The third-order valence-electron chi connectivity index (χ3n) is 7.96. The molecule has 2 aromatic carbocycles. The summed E-state index contributed by atoms with van der Waals surface area (Å²) in [6.07, 6.45) is 2.08. The number of rotatable bonds is 4. The van der Waals surface area contributed by atoms with Crippen LogP contribution in [-0.2, 0) is 10.2 Å². The van der Waals surface area contributed by atoms with Gasteiger partial charge >= 0.3 is 0 Å². The van der Waals surface area contributed by atoms with Crippen LogP contribution in [0.2, 0.25) is 0 Å². The number of hydrogen-bond acceptors (Lipinski definition) is 6. The smallest absolute Gasteiger partial charge is 0.238 e. The number of thiophene rings is 2. The van der Waals surface area contributed by atoms with E-state index in [4.69, 9.17) is 0 Å². The summed E-state index contributed by atoms with van der Waals surface area (Å²) >= 11 is 2.72. The van der Waals surface area contributed by atoms with Gasteiger partial charge in [-0.1, -0.05) is 54.6 Å². The molecule has 1 spiro atoms. The molecular weight excluding hydrogens is 500 g/mol. The SMILES string of the molecule is CC1=C[C@@H]2N(c3ccccc31)[C@H](C(=O)c1cccs1)[C@@H](C(=O)c1cccs1)[C@@]21C(=O)Nc2ccccc21. The van der Waals surface area contributed by atoms with Crippen LogP contribution < -0.4 is 10.2 Å². The number of nitrogens with one attached hydrogen (secondary N) is 1. The van der Waals surface area contributed by atoms with Crippen molar-refractivity contribution in [2.75, 3.05) is 10.2 Å². The van der Waals surface area contributed by atoms with Gasteiger partial charge in [-0.15, -0.1) is 22.7 Å². The number of anilines is 2. The van der Waals surface area contributed by atoms with E-state index in [9.17, 15) is 14.4 Å². The molecule has 5 nitrogen and oxygen atoms in total. The lowest BCUT2D eigenvalue weighted by molar-refractivity contribution is -0.121. The fourth-order valence-electron chi connectivity index (χ4n) is 6.52. The molecule has 4 atom stereocenters. The average Bonchev–Trinajstić information content (AvgIpc) is 3.71. The molecular formula is C30H22N2O3S2. The summed E-state index contributed by atoms with van der Waals surface area (Å²) < 4.78 is 0. The predicted octanol–water partition coefficient (Wildman–Crippen LogP) is 6.06. The van der Waals surface area contributed by atoms with E-state index in [1.807, 2.05) is 78.3 Å². The third-order valence-corrected chi connectivity index (χ3v) is 9.73. The fraction of sp³-hybridized carbons (Fsp3) is 0.167. The first-order valence-electron chi connectivity index (χ1n) is 12.2. The number of ketones is 2. The summed E-state index contributed by atoms with van der Waals surface area (Å²) in [6.45, 7) is 2.03. The van der Waals surface area contributed by atoms with Crippen molar-refractivity contribution < 1.29 is 14.4 Å². The van der Waals surface area contributed by atoms with Gasteiger partial charge in [-0.05, 0) is 53.1 Å². The summed E-state index contributed by atoms with van der Waals surface area (Å²) in [5.74, 6) is -1.45. The highest BCUT2D eigenvalue weighted by atomic mass is 32.1. The quantitative estimate of drug-likeness (QED) is 0.331. The third kappa shape index (κ3) is 2.92. The summed E-state index contributed by atoms with van der Waals surface area (Å²) in [6, 6.07) is 21.5. The van der Waals surface area contributed by atoms with Crippen LogP contribution in [0.1, 0.15) is 37.4 Å². The maximum absolute atomic E-state index is 14.5. The van der Waals surface area contributed by atoms with Gasteiger partial charge in [-0.25, -0.2) is 0 Å². The molecule has 5 heterocycles. The normalized spacial score (nSPS) is 25.3. The van der Waals surface area contributed by atoms with Gasteiger partial charge in [0.25, 0.3) is 0 Å². The highest BCUT2D eigenvalue weighted by Crippen LogP contribution is 2.59. The number of allylic oxidation sites excluding steroid dienone is 1. The second kappa shape index (κ2) is 8.10. The van der Waals surface area contributed by atoms with Crippen LogP contribution in [0.3, 0.4) is 0 Å². The second-order valence-electron chi connectivity index (χ2n) is 9.69. The topological polar surface area (TPSA) is 66.5 Å². The molecule has 0 aliphatic carbocycles. The van der Waals surface area contributed by atoms with Crippen LogP contribution in [0.15, 0.2) is 89.6 Å². The van der Waals surface area contributed by atoms with Crippen LogP contribution in [-0.4, -0.2) is 29.6 Å². The maximum atomic E-state index is 14.5. The Morgan fingerprint density at radius 2 is 1.54 bits per heavy atom. The molecule has 7 rings (SSSR count). The molecule has 37 heavy (non-hydrogen) atoms. The molecule has 4 aromatic rings. The largest absolute Gasteiger partial charge is 0.352 e. The summed E-state index contributed by atoms with van der Waals surface area (Å²) in [5.41, 5.74) is 3.12. The molecule has 182 valence electrons. The van der Waals surface area contributed by atoms with Crippen molar-refractivity contribution in [3.63, 3.8) is 0 Å². The van der Waals surface area contributed by atoms with E-state index in [-0.39, 0.29) is 17.5 Å². The molecule has 0 radical (unpaired) electrons. The van der Waals surface area contributed by atoms with Crippen LogP contribution in [0, 0.1) is 5.92 Å². The first kappa shape index (κ1) is 22.4. The summed E-state index contributed by atoms with van der Waals surface area (Å²) in [7, 11) is 0. The number of Topliss-reactive ketones (excluding diaryl/α,β-unsaturated/α-hetero) is 2. The number of para-hydroxylation sites is 2. The van der Waals surface area contributed by atoms with Crippen molar-refractivity contribution in [3.05, 3.63) is 111 Å².